The molecule has 3 rings (SSSR count). The van der Waals surface area contributed by atoms with E-state index in [9.17, 15) is 14.7 Å². The Hall–Kier alpha value is -1.80. The summed E-state index contributed by atoms with van der Waals surface area (Å²) in [7, 11) is 0. The van der Waals surface area contributed by atoms with Gasteiger partial charge in [0.05, 0.1) is 23.7 Å². The molecule has 1 N–H and O–H groups in total. The Morgan fingerprint density at radius 3 is 2.56 bits per heavy atom. The van der Waals surface area contributed by atoms with E-state index in [1.165, 1.54) is 0 Å². The largest absolute Gasteiger partial charge is 1.00 e. The number of hydrogen-bond donors (Lipinski definition) is 1. The van der Waals surface area contributed by atoms with Crippen LogP contribution in [0.15, 0.2) is 48.9 Å². The minimum atomic E-state index is -1.13. The Morgan fingerprint density at radius 2 is 1.89 bits per heavy atom. The predicted octanol–water partition coefficient (Wildman–Crippen LogP) is -3.08. The predicted molar refractivity (Wildman–Crippen MR) is 92.5 cm³/mol. The van der Waals surface area contributed by atoms with E-state index in [0.29, 0.717) is 32.4 Å². The van der Waals surface area contributed by atoms with Gasteiger partial charge in [0.15, 0.2) is 0 Å². The number of nitrogens with one attached hydrogen (secondary N) is 1. The molecule has 1 fully saturated rings. The van der Waals surface area contributed by atoms with Crippen LogP contribution in [0.3, 0.4) is 0 Å². The van der Waals surface area contributed by atoms with Gasteiger partial charge in [0, 0.05) is 38.1 Å². The number of carboxylic acid groups (broad SMARTS) is 1. The second-order valence-corrected chi connectivity index (χ2v) is 6.32. The van der Waals surface area contributed by atoms with Crippen molar-refractivity contribution in [1.29, 1.82) is 0 Å². The average molecular weight is 376 g/mol. The zero-order chi connectivity index (χ0) is 18.4. The molecule has 0 saturated carbocycles. The topological polar surface area (TPSA) is 98.2 Å². The summed E-state index contributed by atoms with van der Waals surface area (Å²) in [6.45, 7) is 0.838. The first-order valence-electron chi connectivity index (χ1n) is 8.68. The molecule has 27 heavy (non-hydrogen) atoms. The fourth-order valence-electron chi connectivity index (χ4n) is 3.30. The summed E-state index contributed by atoms with van der Waals surface area (Å²) >= 11 is 0. The first-order chi connectivity index (χ1) is 12.6. The van der Waals surface area contributed by atoms with E-state index in [-0.39, 0.29) is 35.5 Å². The number of likely N-dealkylation sites (tertiary alicyclic amines) is 1. The Labute approximate surface area is 180 Å². The van der Waals surface area contributed by atoms with Crippen LogP contribution >= 0.6 is 0 Å². The van der Waals surface area contributed by atoms with Crippen LogP contribution in [0.2, 0.25) is 0 Å². The number of aromatic nitrogens is 2. The van der Waals surface area contributed by atoms with Gasteiger partial charge in [-0.2, -0.15) is 0 Å². The van der Waals surface area contributed by atoms with Crippen LogP contribution in [0.4, 0.5) is 0 Å². The molecule has 1 saturated heterocycles. The maximum Gasteiger partial charge on any atom is 1.00 e. The summed E-state index contributed by atoms with van der Waals surface area (Å²) in [5.74, 6) is -1.29. The molecule has 136 valence electrons. The van der Waals surface area contributed by atoms with Crippen molar-refractivity contribution in [1.82, 2.24) is 20.2 Å². The van der Waals surface area contributed by atoms with Crippen LogP contribution in [-0.4, -0.2) is 45.4 Å². The van der Waals surface area contributed by atoms with Gasteiger partial charge in [0.1, 0.15) is 0 Å². The normalized spacial score (nSPS) is 19.3. The van der Waals surface area contributed by atoms with Crippen LogP contribution < -0.4 is 40.0 Å². The van der Waals surface area contributed by atoms with Crippen molar-refractivity contribution in [2.75, 3.05) is 6.54 Å². The SMILES string of the molecule is O=C([O-])C1CCC(C(=O)NCCc2cnccn2)N1Cc1ccccc1.[Na+]. The van der Waals surface area contributed by atoms with E-state index in [2.05, 4.69) is 15.3 Å². The van der Waals surface area contributed by atoms with Crippen LogP contribution in [0, 0.1) is 0 Å². The molecule has 2 unspecified atom stereocenters. The van der Waals surface area contributed by atoms with E-state index in [1.807, 2.05) is 30.3 Å². The Kier molecular flexibility index (Phi) is 8.37. The summed E-state index contributed by atoms with van der Waals surface area (Å²) in [6, 6.07) is 8.33. The first-order valence-corrected chi connectivity index (χ1v) is 8.68. The second-order valence-electron chi connectivity index (χ2n) is 6.32. The molecule has 1 aliphatic rings. The second kappa shape index (κ2) is 10.5. The maximum atomic E-state index is 12.6. The summed E-state index contributed by atoms with van der Waals surface area (Å²) in [6.07, 6.45) is 6.37. The van der Waals surface area contributed by atoms with Gasteiger partial charge >= 0.3 is 29.6 Å². The molecule has 0 aliphatic carbocycles. The fourth-order valence-corrected chi connectivity index (χ4v) is 3.30. The number of nitrogens with zero attached hydrogens (tertiary/aromatic N) is 3. The maximum absolute atomic E-state index is 12.6. The van der Waals surface area contributed by atoms with Gasteiger partial charge in [0.25, 0.3) is 0 Å². The summed E-state index contributed by atoms with van der Waals surface area (Å²) < 4.78 is 0. The number of rotatable bonds is 7. The van der Waals surface area contributed by atoms with Crippen LogP contribution in [-0.2, 0) is 22.6 Å². The molecule has 0 spiro atoms. The van der Waals surface area contributed by atoms with Gasteiger partial charge in [-0.15, -0.1) is 0 Å². The van der Waals surface area contributed by atoms with Crippen molar-refractivity contribution in [2.45, 2.75) is 37.9 Å². The summed E-state index contributed by atoms with van der Waals surface area (Å²) in [5, 5.41) is 14.4. The van der Waals surface area contributed by atoms with E-state index < -0.39 is 18.1 Å². The monoisotopic (exact) mass is 376 g/mol. The summed E-state index contributed by atoms with van der Waals surface area (Å²) in [4.78, 5) is 34.0. The number of carbonyl (C=O) groups is 2. The van der Waals surface area contributed by atoms with E-state index in [4.69, 9.17) is 0 Å². The minimum Gasteiger partial charge on any atom is -0.548 e. The van der Waals surface area contributed by atoms with Crippen LogP contribution in [0.25, 0.3) is 0 Å². The van der Waals surface area contributed by atoms with Crippen LogP contribution in [0.5, 0.6) is 0 Å². The molecule has 1 aromatic carbocycles. The van der Waals surface area contributed by atoms with Crippen molar-refractivity contribution in [3.63, 3.8) is 0 Å². The van der Waals surface area contributed by atoms with Gasteiger partial charge < -0.3 is 15.2 Å². The molecular formula is C19H21N4NaO3. The van der Waals surface area contributed by atoms with Gasteiger partial charge in [-0.3, -0.25) is 19.7 Å². The van der Waals surface area contributed by atoms with E-state index >= 15 is 0 Å². The molecule has 1 aromatic heterocycles. The van der Waals surface area contributed by atoms with Gasteiger partial charge in [-0.1, -0.05) is 30.3 Å². The number of benzene rings is 1. The number of carboxylic acids is 1. The Bertz CT molecular complexity index is 745. The molecule has 0 radical (unpaired) electrons. The standard InChI is InChI=1S/C19H22N4O3.Na/c24-18(22-9-8-15-12-20-10-11-21-15)16-6-7-17(19(25)26)23(16)13-14-4-2-1-3-5-14;/h1-5,10-12,16-17H,6-9,13H2,(H,22,24)(H,25,26);/q;+1/p-1. The number of carbonyl (C=O) groups excluding carboxylic acids is 2. The number of hydrogen-bond acceptors (Lipinski definition) is 6. The van der Waals surface area contributed by atoms with Crippen molar-refractivity contribution < 1.29 is 44.3 Å². The van der Waals surface area contributed by atoms with Crippen LogP contribution in [0.1, 0.15) is 24.1 Å². The Balaban J connectivity index is 0.00000261. The molecule has 2 aromatic rings. The zero-order valence-corrected chi connectivity index (χ0v) is 17.4. The first kappa shape index (κ1) is 21.5. The van der Waals surface area contributed by atoms with Gasteiger partial charge in [-0.05, 0) is 18.4 Å². The van der Waals surface area contributed by atoms with E-state index in [1.54, 1.807) is 23.5 Å². The molecule has 0 bridgehead atoms. The van der Waals surface area contributed by atoms with E-state index in [0.717, 1.165) is 11.3 Å². The van der Waals surface area contributed by atoms with Gasteiger partial charge in [-0.25, -0.2) is 0 Å². The summed E-state index contributed by atoms with van der Waals surface area (Å²) in [5.41, 5.74) is 1.77. The fraction of sp³-hybridized carbons (Fsp3) is 0.368. The van der Waals surface area contributed by atoms with Crippen molar-refractivity contribution in [3.8, 4) is 0 Å². The molecule has 2 atom stereocenters. The van der Waals surface area contributed by atoms with Crippen molar-refractivity contribution >= 4 is 11.9 Å². The molecule has 1 aliphatic heterocycles. The zero-order valence-electron chi connectivity index (χ0n) is 15.4. The number of amides is 1. The third-order valence-corrected chi connectivity index (χ3v) is 4.59. The molecule has 7 nitrogen and oxygen atoms in total. The molecular weight excluding hydrogens is 355 g/mol. The third kappa shape index (κ3) is 5.84. The third-order valence-electron chi connectivity index (χ3n) is 4.59. The smallest absolute Gasteiger partial charge is 0.548 e. The number of aliphatic carboxylic acids is 1. The minimum absolute atomic E-state index is 0. The molecule has 8 heteroatoms. The molecule has 1 amide bonds. The average Bonchev–Trinajstić information content (AvgIpc) is 3.07. The van der Waals surface area contributed by atoms with Crippen molar-refractivity contribution in [3.05, 3.63) is 60.2 Å². The Morgan fingerprint density at radius 1 is 1.15 bits per heavy atom. The van der Waals surface area contributed by atoms with Crippen molar-refractivity contribution in [2.24, 2.45) is 0 Å². The molecule has 2 heterocycles. The van der Waals surface area contributed by atoms with Gasteiger partial charge in [0.2, 0.25) is 5.91 Å². The quantitative estimate of drug-likeness (QED) is 0.515.